The number of hydrogen-bond donors (Lipinski definition) is 0. The Morgan fingerprint density at radius 2 is 1.76 bits per heavy atom. The highest BCUT2D eigenvalue weighted by atomic mass is 16.6. The van der Waals surface area contributed by atoms with Crippen LogP contribution in [0.15, 0.2) is 71.3 Å². The fraction of sp³-hybridized carbons (Fsp3) is 0.364. The molecule has 0 bridgehead atoms. The fourth-order valence-electron chi connectivity index (χ4n) is 4.65. The zero-order valence-corrected chi connectivity index (χ0v) is 24.8. The van der Waals surface area contributed by atoms with Crippen LogP contribution in [0.4, 0.5) is 0 Å². The van der Waals surface area contributed by atoms with Crippen molar-refractivity contribution >= 4 is 5.97 Å². The summed E-state index contributed by atoms with van der Waals surface area (Å²) in [6.07, 6.45) is 0.347. The number of carbonyl (C=O) groups is 1. The maximum Gasteiger partial charge on any atom is 0.307 e. The summed E-state index contributed by atoms with van der Waals surface area (Å²) < 4.78 is 22.2. The molecule has 0 amide bonds. The third kappa shape index (κ3) is 8.02. The van der Waals surface area contributed by atoms with E-state index in [4.69, 9.17) is 23.7 Å². The number of rotatable bonds is 12. The van der Waals surface area contributed by atoms with Crippen LogP contribution in [-0.4, -0.2) is 53.9 Å². The van der Waals surface area contributed by atoms with Gasteiger partial charge in [-0.15, -0.1) is 0 Å². The predicted molar refractivity (Wildman–Crippen MR) is 159 cm³/mol. The van der Waals surface area contributed by atoms with Crippen molar-refractivity contribution in [1.29, 1.82) is 0 Å². The molecule has 0 radical (unpaired) electrons. The molecule has 0 aliphatic rings. The van der Waals surface area contributed by atoms with E-state index in [1.165, 1.54) is 0 Å². The molecule has 8 heteroatoms. The molecule has 0 aliphatic carbocycles. The van der Waals surface area contributed by atoms with Gasteiger partial charge in [0.2, 0.25) is 5.82 Å². The van der Waals surface area contributed by atoms with E-state index in [1.54, 1.807) is 14.2 Å². The van der Waals surface area contributed by atoms with Crippen molar-refractivity contribution in [3.8, 4) is 39.7 Å². The second kappa shape index (κ2) is 13.6. The summed E-state index contributed by atoms with van der Waals surface area (Å²) in [4.78, 5) is 19.1. The molecule has 216 valence electrons. The van der Waals surface area contributed by atoms with Gasteiger partial charge in [-0.05, 0) is 68.3 Å². The van der Waals surface area contributed by atoms with E-state index in [2.05, 4.69) is 29.1 Å². The highest BCUT2D eigenvalue weighted by Crippen LogP contribution is 2.35. The second-order valence-corrected chi connectivity index (χ2v) is 10.8. The summed E-state index contributed by atoms with van der Waals surface area (Å²) in [5.41, 5.74) is 5.30. The van der Waals surface area contributed by atoms with Crippen LogP contribution in [0, 0.1) is 0 Å². The minimum Gasteiger partial charge on any atom is -0.496 e. The van der Waals surface area contributed by atoms with Crippen molar-refractivity contribution in [2.45, 2.75) is 52.9 Å². The van der Waals surface area contributed by atoms with Gasteiger partial charge in [-0.1, -0.05) is 54.5 Å². The first kappa shape index (κ1) is 30.0. The molecule has 3 aromatic carbocycles. The molecular formula is C33H39N3O5. The monoisotopic (exact) mass is 557 g/mol. The molecule has 1 heterocycles. The van der Waals surface area contributed by atoms with Gasteiger partial charge < -0.3 is 18.7 Å². The summed E-state index contributed by atoms with van der Waals surface area (Å²) in [7, 11) is 3.34. The zero-order chi connectivity index (χ0) is 29.4. The Hall–Kier alpha value is -4.01. The van der Waals surface area contributed by atoms with Gasteiger partial charge >= 0.3 is 5.97 Å². The molecule has 0 atom stereocenters. The van der Waals surface area contributed by atoms with Crippen molar-refractivity contribution in [1.82, 2.24) is 15.0 Å². The molecule has 0 N–H and O–H groups in total. The highest BCUT2D eigenvalue weighted by molar-refractivity contribution is 5.76. The molecule has 0 unspecified atom stereocenters. The van der Waals surface area contributed by atoms with Crippen LogP contribution < -0.4 is 4.74 Å². The number of methoxy groups -OCH3 is 2. The summed E-state index contributed by atoms with van der Waals surface area (Å²) in [6.45, 7) is 10.3. The fourth-order valence-corrected chi connectivity index (χ4v) is 4.65. The minimum absolute atomic E-state index is 0.186. The summed E-state index contributed by atoms with van der Waals surface area (Å²) >= 11 is 0. The normalized spacial score (nSPS) is 11.6. The molecule has 0 saturated carbocycles. The van der Waals surface area contributed by atoms with Crippen molar-refractivity contribution in [2.24, 2.45) is 0 Å². The number of esters is 1. The molecule has 41 heavy (non-hydrogen) atoms. The SMILES string of the molecule is CCN(CCC(=O)OC(C)(C)C)Cc1cccc(-c2noc(-c3ccc(-c4ccccc4OC)c(COC)c3)n2)c1. The average molecular weight is 558 g/mol. The molecule has 0 saturated heterocycles. The van der Waals surface area contributed by atoms with Gasteiger partial charge in [0.25, 0.3) is 5.89 Å². The lowest BCUT2D eigenvalue weighted by molar-refractivity contribution is -0.155. The van der Waals surface area contributed by atoms with Crippen molar-refractivity contribution < 1.29 is 23.5 Å². The van der Waals surface area contributed by atoms with E-state index in [1.807, 2.05) is 75.4 Å². The van der Waals surface area contributed by atoms with Crippen LogP contribution in [0.3, 0.4) is 0 Å². The molecule has 0 spiro atoms. The molecular weight excluding hydrogens is 518 g/mol. The third-order valence-corrected chi connectivity index (χ3v) is 6.57. The maximum absolute atomic E-state index is 12.2. The van der Waals surface area contributed by atoms with Gasteiger partial charge in [-0.2, -0.15) is 4.98 Å². The Labute approximate surface area is 242 Å². The average Bonchev–Trinajstić information content (AvgIpc) is 3.45. The van der Waals surface area contributed by atoms with Crippen LogP contribution in [0.5, 0.6) is 5.75 Å². The van der Waals surface area contributed by atoms with Gasteiger partial charge in [0, 0.05) is 36.9 Å². The first-order chi connectivity index (χ1) is 19.7. The van der Waals surface area contributed by atoms with Gasteiger partial charge in [-0.25, -0.2) is 0 Å². The Morgan fingerprint density at radius 3 is 2.49 bits per heavy atom. The van der Waals surface area contributed by atoms with Crippen LogP contribution in [-0.2, 0) is 27.4 Å². The number of para-hydroxylation sites is 1. The quantitative estimate of drug-likeness (QED) is 0.176. The van der Waals surface area contributed by atoms with Gasteiger partial charge in [0.15, 0.2) is 0 Å². The van der Waals surface area contributed by atoms with E-state index >= 15 is 0 Å². The molecule has 8 nitrogen and oxygen atoms in total. The number of nitrogens with zero attached hydrogens (tertiary/aromatic N) is 3. The van der Waals surface area contributed by atoms with E-state index in [0.29, 0.717) is 37.8 Å². The van der Waals surface area contributed by atoms with Gasteiger partial charge in [0.1, 0.15) is 11.4 Å². The van der Waals surface area contributed by atoms with Crippen LogP contribution >= 0.6 is 0 Å². The Kier molecular flexibility index (Phi) is 9.91. The summed E-state index contributed by atoms with van der Waals surface area (Å²) in [5.74, 6) is 1.56. The predicted octanol–water partition coefficient (Wildman–Crippen LogP) is 6.78. The first-order valence-corrected chi connectivity index (χ1v) is 13.8. The van der Waals surface area contributed by atoms with Crippen LogP contribution in [0.25, 0.3) is 34.0 Å². The van der Waals surface area contributed by atoms with E-state index in [0.717, 1.165) is 45.7 Å². The van der Waals surface area contributed by atoms with Gasteiger partial charge in [0.05, 0.1) is 20.1 Å². The van der Waals surface area contributed by atoms with E-state index in [-0.39, 0.29) is 5.97 Å². The number of carbonyl (C=O) groups excluding carboxylic acids is 1. The lowest BCUT2D eigenvalue weighted by Crippen LogP contribution is -2.29. The lowest BCUT2D eigenvalue weighted by Gasteiger charge is -2.23. The smallest absolute Gasteiger partial charge is 0.307 e. The van der Waals surface area contributed by atoms with Crippen molar-refractivity contribution in [3.63, 3.8) is 0 Å². The van der Waals surface area contributed by atoms with Crippen molar-refractivity contribution in [2.75, 3.05) is 27.3 Å². The Bertz CT molecular complexity index is 1460. The highest BCUT2D eigenvalue weighted by Gasteiger charge is 2.18. The zero-order valence-electron chi connectivity index (χ0n) is 24.8. The summed E-state index contributed by atoms with van der Waals surface area (Å²) in [6, 6.07) is 22.0. The Balaban J connectivity index is 1.51. The maximum atomic E-state index is 12.2. The number of aromatic nitrogens is 2. The summed E-state index contributed by atoms with van der Waals surface area (Å²) in [5, 5.41) is 4.27. The van der Waals surface area contributed by atoms with Crippen molar-refractivity contribution in [3.05, 3.63) is 77.9 Å². The largest absolute Gasteiger partial charge is 0.496 e. The number of ether oxygens (including phenoxy) is 3. The molecule has 0 fully saturated rings. The topological polar surface area (TPSA) is 86.9 Å². The van der Waals surface area contributed by atoms with E-state index in [9.17, 15) is 4.79 Å². The number of benzene rings is 3. The minimum atomic E-state index is -0.477. The second-order valence-electron chi connectivity index (χ2n) is 10.8. The Morgan fingerprint density at radius 1 is 0.951 bits per heavy atom. The standard InChI is InChI=1S/C33H39N3O5/c1-7-36(18-17-30(37)40-33(2,3)4)21-23-11-10-12-24(19-23)31-34-32(41-35-31)25-15-16-27(26(20-25)22-38-5)28-13-8-9-14-29(28)39-6/h8-16,19-20H,7,17-18,21-22H2,1-6H3. The third-order valence-electron chi connectivity index (χ3n) is 6.57. The molecule has 4 rings (SSSR count). The first-order valence-electron chi connectivity index (χ1n) is 13.8. The molecule has 0 aliphatic heterocycles. The number of hydrogen-bond acceptors (Lipinski definition) is 8. The van der Waals surface area contributed by atoms with E-state index < -0.39 is 5.60 Å². The van der Waals surface area contributed by atoms with Gasteiger partial charge in [-0.3, -0.25) is 9.69 Å². The molecule has 4 aromatic rings. The molecule has 1 aromatic heterocycles. The lowest BCUT2D eigenvalue weighted by atomic mass is 9.97. The van der Waals surface area contributed by atoms with Crippen LogP contribution in [0.1, 0.15) is 45.2 Å². The van der Waals surface area contributed by atoms with Crippen LogP contribution in [0.2, 0.25) is 0 Å².